The molecule has 0 amide bonds. The molecule has 1 unspecified atom stereocenters. The molecule has 0 bridgehead atoms. The van der Waals surface area contributed by atoms with Crippen LogP contribution in [0.3, 0.4) is 0 Å². The molecule has 0 spiro atoms. The van der Waals surface area contributed by atoms with Crippen LogP contribution in [0.25, 0.3) is 33.2 Å². The molecule has 0 fully saturated rings. The Balaban J connectivity index is 1.70. The third-order valence-corrected chi connectivity index (χ3v) is 6.41. The van der Waals surface area contributed by atoms with Crippen molar-refractivity contribution in [3.8, 4) is 34.5 Å². The van der Waals surface area contributed by atoms with Gasteiger partial charge < -0.3 is 24.1 Å². The first-order valence-corrected chi connectivity index (χ1v) is 11.2. The Morgan fingerprint density at radius 2 is 1.78 bits per heavy atom. The van der Waals surface area contributed by atoms with Crippen LogP contribution in [0.1, 0.15) is 23.5 Å². The zero-order chi connectivity index (χ0) is 25.0. The summed E-state index contributed by atoms with van der Waals surface area (Å²) in [6.07, 6.45) is -0.140. The minimum Gasteiger partial charge on any atom is -0.504 e. The molecule has 3 heterocycles. The topological polar surface area (TPSA) is 119 Å². The second-order valence-corrected chi connectivity index (χ2v) is 8.50. The van der Waals surface area contributed by atoms with Crippen LogP contribution in [0.15, 0.2) is 75.9 Å². The van der Waals surface area contributed by atoms with Crippen LogP contribution in [0, 0.1) is 0 Å². The van der Waals surface area contributed by atoms with Gasteiger partial charge in [0.15, 0.2) is 16.9 Å². The summed E-state index contributed by atoms with van der Waals surface area (Å²) in [4.78, 5) is 30.3. The largest absolute Gasteiger partial charge is 0.504 e. The number of rotatable bonds is 3. The quantitative estimate of drug-likeness (QED) is 0.266. The Kier molecular flexibility index (Phi) is 4.89. The minimum absolute atomic E-state index is 0.0133. The number of nitrogens with zero attached hydrogens (tertiary/aromatic N) is 1. The summed E-state index contributed by atoms with van der Waals surface area (Å²) < 4.78 is 17.1. The third-order valence-electron chi connectivity index (χ3n) is 6.41. The zero-order valence-electron chi connectivity index (χ0n) is 19.0. The molecule has 5 aromatic rings. The number of ether oxygens (including phenoxy) is 2. The first-order chi connectivity index (χ1) is 17.5. The molecule has 0 aliphatic carbocycles. The number of benzene rings is 3. The molecule has 2 N–H and O–H groups in total. The molecule has 0 saturated carbocycles. The van der Waals surface area contributed by atoms with Gasteiger partial charge in [0.2, 0.25) is 11.6 Å². The maximum absolute atomic E-state index is 13.2. The highest BCUT2D eigenvalue weighted by Gasteiger charge is 2.38. The first-order valence-electron chi connectivity index (χ1n) is 11.2. The van der Waals surface area contributed by atoms with E-state index in [1.54, 1.807) is 24.3 Å². The summed E-state index contributed by atoms with van der Waals surface area (Å²) in [5.74, 6) is -2.25. The number of phenolic OH excluding ortho intramolecular Hbond substituents is 2. The lowest BCUT2D eigenvalue weighted by molar-refractivity contribution is -0.140. The smallest absolute Gasteiger partial charge is 0.306 e. The maximum Gasteiger partial charge on any atom is 0.306 e. The number of phenols is 2. The van der Waals surface area contributed by atoms with E-state index in [0.717, 1.165) is 5.39 Å². The number of pyridine rings is 1. The molecule has 1 aliphatic heterocycles. The lowest BCUT2D eigenvalue weighted by atomic mass is 9.84. The molecule has 3 aromatic carbocycles. The highest BCUT2D eigenvalue weighted by molar-refractivity contribution is 5.95. The van der Waals surface area contributed by atoms with E-state index < -0.39 is 28.8 Å². The van der Waals surface area contributed by atoms with Crippen LogP contribution in [0.4, 0.5) is 0 Å². The first kappa shape index (κ1) is 21.7. The molecule has 0 saturated heterocycles. The molecule has 36 heavy (non-hydrogen) atoms. The predicted octanol–water partition coefficient (Wildman–Crippen LogP) is 5.22. The summed E-state index contributed by atoms with van der Waals surface area (Å²) >= 11 is 0. The number of aromatic hydroxyl groups is 2. The van der Waals surface area contributed by atoms with Crippen molar-refractivity contribution in [2.24, 2.45) is 0 Å². The summed E-state index contributed by atoms with van der Waals surface area (Å²) in [5.41, 5.74) is 1.58. The summed E-state index contributed by atoms with van der Waals surface area (Å²) in [6.45, 7) is 0. The molecule has 6 rings (SSSR count). The van der Waals surface area contributed by atoms with E-state index in [4.69, 9.17) is 13.9 Å². The van der Waals surface area contributed by atoms with E-state index in [1.165, 1.54) is 13.2 Å². The second kappa shape index (κ2) is 8.13. The SMILES string of the molecule is COC(=O)CC1c2cc3ccccc3nc2Oc2c(O)c(O)c3c(=O)cc(-c4ccccc4)oc3c21. The number of hydrogen-bond donors (Lipinski definition) is 2. The van der Waals surface area contributed by atoms with E-state index in [0.29, 0.717) is 16.6 Å². The average molecular weight is 481 g/mol. The zero-order valence-corrected chi connectivity index (χ0v) is 19.0. The average Bonchev–Trinajstić information content (AvgIpc) is 2.90. The highest BCUT2D eigenvalue weighted by Crippen LogP contribution is 2.55. The van der Waals surface area contributed by atoms with Crippen molar-refractivity contribution in [3.63, 3.8) is 0 Å². The monoisotopic (exact) mass is 481 g/mol. The molecule has 8 nitrogen and oxygen atoms in total. The van der Waals surface area contributed by atoms with E-state index in [2.05, 4.69) is 4.98 Å². The molecule has 0 radical (unpaired) electrons. The van der Waals surface area contributed by atoms with E-state index in [9.17, 15) is 19.8 Å². The van der Waals surface area contributed by atoms with Crippen molar-refractivity contribution < 1.29 is 28.9 Å². The lowest BCUT2D eigenvalue weighted by Gasteiger charge is -2.28. The Hall–Kier alpha value is -4.85. The second-order valence-electron chi connectivity index (χ2n) is 8.50. The number of esters is 1. The number of carbonyl (C=O) groups is 1. The molecule has 2 aromatic heterocycles. The molecular weight excluding hydrogens is 462 g/mol. The number of hydrogen-bond acceptors (Lipinski definition) is 8. The number of aromatic nitrogens is 1. The van der Waals surface area contributed by atoms with Crippen LogP contribution >= 0.6 is 0 Å². The van der Waals surface area contributed by atoms with Crippen molar-refractivity contribution in [3.05, 3.63) is 88.1 Å². The van der Waals surface area contributed by atoms with Gasteiger partial charge in [-0.15, -0.1) is 0 Å². The summed E-state index contributed by atoms with van der Waals surface area (Å²) in [5, 5.41) is 22.3. The van der Waals surface area contributed by atoms with Gasteiger partial charge in [-0.2, -0.15) is 0 Å². The summed E-state index contributed by atoms with van der Waals surface area (Å²) in [7, 11) is 1.28. The molecule has 1 atom stereocenters. The van der Waals surface area contributed by atoms with Crippen molar-refractivity contribution in [1.82, 2.24) is 4.98 Å². The molecule has 178 valence electrons. The van der Waals surface area contributed by atoms with Crippen LogP contribution < -0.4 is 10.2 Å². The Bertz CT molecular complexity index is 1740. The van der Waals surface area contributed by atoms with Crippen molar-refractivity contribution >= 4 is 27.8 Å². The number of para-hydroxylation sites is 1. The van der Waals surface area contributed by atoms with Gasteiger partial charge in [0.05, 0.1) is 24.6 Å². The van der Waals surface area contributed by atoms with Crippen LogP contribution in [0.2, 0.25) is 0 Å². The highest BCUT2D eigenvalue weighted by atomic mass is 16.5. The van der Waals surface area contributed by atoms with Crippen molar-refractivity contribution in [1.29, 1.82) is 0 Å². The predicted molar refractivity (Wildman–Crippen MR) is 132 cm³/mol. The summed E-state index contributed by atoms with van der Waals surface area (Å²) in [6, 6.07) is 19.5. The number of fused-ring (bicyclic) bond motifs is 5. The Labute approximate surface area is 204 Å². The van der Waals surface area contributed by atoms with Gasteiger partial charge in [-0.1, -0.05) is 48.5 Å². The normalized spacial score (nSPS) is 14.2. The third kappa shape index (κ3) is 3.26. The van der Waals surface area contributed by atoms with Gasteiger partial charge in [0.1, 0.15) is 16.7 Å². The Morgan fingerprint density at radius 1 is 1.03 bits per heavy atom. The van der Waals surface area contributed by atoms with Gasteiger partial charge in [-0.3, -0.25) is 9.59 Å². The Morgan fingerprint density at radius 3 is 2.56 bits per heavy atom. The standard InChI is InChI=1S/C28H19NO7/c1-34-21(31)12-16-17-11-15-9-5-6-10-18(15)29-28(17)36-27-22(16)26-23(24(32)25(27)33)19(30)13-20(35-26)14-7-3-2-4-8-14/h2-11,13,16,32-33H,12H2,1H3. The van der Waals surface area contributed by atoms with Gasteiger partial charge in [-0.25, -0.2) is 4.98 Å². The fourth-order valence-electron chi connectivity index (χ4n) is 4.69. The number of carbonyl (C=O) groups excluding carboxylic acids is 1. The van der Waals surface area contributed by atoms with Crippen molar-refractivity contribution in [2.45, 2.75) is 12.3 Å². The van der Waals surface area contributed by atoms with Gasteiger partial charge >= 0.3 is 5.97 Å². The fraction of sp³-hybridized carbons (Fsp3) is 0.107. The molecular formula is C28H19NO7. The lowest BCUT2D eigenvalue weighted by Crippen LogP contribution is -2.17. The maximum atomic E-state index is 13.2. The van der Waals surface area contributed by atoms with E-state index >= 15 is 0 Å². The number of methoxy groups -OCH3 is 1. The fourth-order valence-corrected chi connectivity index (χ4v) is 4.69. The van der Waals surface area contributed by atoms with Crippen LogP contribution in [0.5, 0.6) is 23.1 Å². The van der Waals surface area contributed by atoms with Crippen LogP contribution in [-0.4, -0.2) is 28.3 Å². The van der Waals surface area contributed by atoms with Gasteiger partial charge in [0, 0.05) is 28.5 Å². The van der Waals surface area contributed by atoms with Gasteiger partial charge in [-0.05, 0) is 12.1 Å². The van der Waals surface area contributed by atoms with E-state index in [1.807, 2.05) is 36.4 Å². The molecule has 1 aliphatic rings. The van der Waals surface area contributed by atoms with Crippen LogP contribution in [-0.2, 0) is 9.53 Å². The van der Waals surface area contributed by atoms with Crippen molar-refractivity contribution in [2.75, 3.05) is 7.11 Å². The minimum atomic E-state index is -0.739. The van der Waals surface area contributed by atoms with E-state index in [-0.39, 0.29) is 40.3 Å². The van der Waals surface area contributed by atoms with Gasteiger partial charge in [0.25, 0.3) is 0 Å². The molecule has 8 heteroatoms.